The summed E-state index contributed by atoms with van der Waals surface area (Å²) in [4.78, 5) is 0. The molecule has 0 spiro atoms. The Morgan fingerprint density at radius 3 is 1.69 bits per heavy atom. The van der Waals surface area contributed by atoms with Crippen LogP contribution in [0.25, 0.3) is 0 Å². The van der Waals surface area contributed by atoms with Crippen LogP contribution in [0.15, 0.2) is 12.1 Å². The first-order valence-corrected chi connectivity index (χ1v) is 14.8. The zero-order valence-electron chi connectivity index (χ0n) is 23.2. The number of rotatable bonds is 21. The second-order valence-electron chi connectivity index (χ2n) is 10.2. The highest BCUT2D eigenvalue weighted by atomic mass is 16.7. The Balaban J connectivity index is 1.59. The molecule has 1 heterocycles. The third-order valence-electron chi connectivity index (χ3n) is 7.29. The number of hydrogen-bond donors (Lipinski definition) is 0. The molecule has 0 amide bonds. The molecule has 1 aromatic rings. The summed E-state index contributed by atoms with van der Waals surface area (Å²) in [5, 5.41) is 0. The molecule has 0 bridgehead atoms. The van der Waals surface area contributed by atoms with Crippen molar-refractivity contribution in [2.24, 2.45) is 0 Å². The van der Waals surface area contributed by atoms with Gasteiger partial charge in [0.2, 0.25) is 0 Å². The molecule has 202 valence electrons. The highest BCUT2D eigenvalue weighted by Crippen LogP contribution is 2.40. The minimum atomic E-state index is -0.186. The number of methoxy groups -OCH3 is 2. The monoisotopic (exact) mass is 490 g/mol. The van der Waals surface area contributed by atoms with Crippen LogP contribution < -0.4 is 14.2 Å². The number of benzene rings is 1. The van der Waals surface area contributed by atoms with Gasteiger partial charge in [-0.25, -0.2) is 0 Å². The Hall–Kier alpha value is -1.42. The fraction of sp³-hybridized carbons (Fsp3) is 0.806. The molecule has 1 atom stereocenters. The van der Waals surface area contributed by atoms with E-state index in [1.54, 1.807) is 14.2 Å². The first-order chi connectivity index (χ1) is 17.3. The smallest absolute Gasteiger partial charge is 0.200 e. The second kappa shape index (κ2) is 19.7. The van der Waals surface area contributed by atoms with Gasteiger partial charge in [-0.15, -0.1) is 0 Å². The molecule has 0 radical (unpaired) electrons. The highest BCUT2D eigenvalue weighted by Gasteiger charge is 2.22. The van der Waals surface area contributed by atoms with Gasteiger partial charge in [0.1, 0.15) is 5.75 Å². The van der Waals surface area contributed by atoms with Crippen molar-refractivity contribution in [3.8, 4) is 17.2 Å². The van der Waals surface area contributed by atoms with Crippen LogP contribution >= 0.6 is 0 Å². The molecule has 0 N–H and O–H groups in total. The molecular weight excluding hydrogens is 436 g/mol. The summed E-state index contributed by atoms with van der Waals surface area (Å²) in [6, 6.07) is 3.93. The van der Waals surface area contributed by atoms with Crippen molar-refractivity contribution in [1.29, 1.82) is 0 Å². The lowest BCUT2D eigenvalue weighted by atomic mass is 10.0. The Morgan fingerprint density at radius 2 is 1.20 bits per heavy atom. The largest absolute Gasteiger partial charge is 0.496 e. The van der Waals surface area contributed by atoms with Crippen LogP contribution in [0.5, 0.6) is 17.2 Å². The number of unbranched alkanes of at least 4 members (excludes halogenated alkanes) is 15. The van der Waals surface area contributed by atoms with Crippen molar-refractivity contribution in [3.63, 3.8) is 0 Å². The van der Waals surface area contributed by atoms with Crippen molar-refractivity contribution >= 4 is 0 Å². The maximum atomic E-state index is 6.30. The molecule has 1 aromatic carbocycles. The van der Waals surface area contributed by atoms with Gasteiger partial charge in [-0.1, -0.05) is 103 Å². The minimum absolute atomic E-state index is 0.186. The van der Waals surface area contributed by atoms with Crippen LogP contribution in [0.2, 0.25) is 0 Å². The molecule has 2 rings (SSSR count). The molecular formula is C31H54O4. The van der Waals surface area contributed by atoms with E-state index >= 15 is 0 Å². The first kappa shape index (κ1) is 29.8. The lowest BCUT2D eigenvalue weighted by Crippen LogP contribution is -2.25. The van der Waals surface area contributed by atoms with Gasteiger partial charge in [-0.2, -0.15) is 0 Å². The molecule has 0 aromatic heterocycles. The van der Waals surface area contributed by atoms with Gasteiger partial charge in [-0.3, -0.25) is 0 Å². The van der Waals surface area contributed by atoms with E-state index in [0.29, 0.717) is 0 Å². The van der Waals surface area contributed by atoms with Gasteiger partial charge in [-0.05, 0) is 37.8 Å². The molecule has 1 saturated heterocycles. The van der Waals surface area contributed by atoms with Gasteiger partial charge in [0.25, 0.3) is 0 Å². The van der Waals surface area contributed by atoms with Gasteiger partial charge in [0, 0.05) is 12.0 Å². The molecule has 4 nitrogen and oxygen atoms in total. The zero-order valence-corrected chi connectivity index (χ0v) is 23.2. The Labute approximate surface area is 216 Å². The average molecular weight is 491 g/mol. The van der Waals surface area contributed by atoms with Gasteiger partial charge in [0.15, 0.2) is 17.8 Å². The van der Waals surface area contributed by atoms with E-state index < -0.39 is 0 Å². The predicted molar refractivity (Wildman–Crippen MR) is 147 cm³/mol. The van der Waals surface area contributed by atoms with Crippen molar-refractivity contribution in [2.45, 2.75) is 142 Å². The lowest BCUT2D eigenvalue weighted by Gasteiger charge is -2.26. The molecule has 4 heteroatoms. The van der Waals surface area contributed by atoms with Crippen LogP contribution in [0.4, 0.5) is 0 Å². The Morgan fingerprint density at radius 1 is 0.686 bits per heavy atom. The van der Waals surface area contributed by atoms with Crippen LogP contribution in [-0.4, -0.2) is 27.1 Å². The third-order valence-corrected chi connectivity index (χ3v) is 7.29. The SMILES string of the molecule is CCCCCCCCCCCCCCCCCCc1c(OC)ccc(OC)c1OC1CCCCO1. The summed E-state index contributed by atoms with van der Waals surface area (Å²) in [5.41, 5.74) is 1.12. The van der Waals surface area contributed by atoms with Crippen LogP contribution in [0, 0.1) is 0 Å². The van der Waals surface area contributed by atoms with Crippen LogP contribution in [0.3, 0.4) is 0 Å². The fourth-order valence-electron chi connectivity index (χ4n) is 5.09. The topological polar surface area (TPSA) is 36.9 Å². The lowest BCUT2D eigenvalue weighted by molar-refractivity contribution is -0.107. The quantitative estimate of drug-likeness (QED) is 0.161. The summed E-state index contributed by atoms with van der Waals surface area (Å²) >= 11 is 0. The standard InChI is InChI=1S/C31H54O4/c1-4-5-6-7-8-9-10-11-12-13-14-15-16-17-18-19-22-27-28(32-2)24-25-29(33-3)31(27)35-30-23-20-21-26-34-30/h24-25,30H,4-23,26H2,1-3H3. The van der Waals surface area contributed by atoms with Gasteiger partial charge < -0.3 is 18.9 Å². The molecule has 0 saturated carbocycles. The molecule has 35 heavy (non-hydrogen) atoms. The highest BCUT2D eigenvalue weighted by molar-refractivity contribution is 5.54. The average Bonchev–Trinajstić information content (AvgIpc) is 2.89. The van der Waals surface area contributed by atoms with E-state index in [4.69, 9.17) is 18.9 Å². The van der Waals surface area contributed by atoms with Crippen molar-refractivity contribution < 1.29 is 18.9 Å². The summed E-state index contributed by atoms with van der Waals surface area (Å²) < 4.78 is 23.4. The maximum Gasteiger partial charge on any atom is 0.200 e. The first-order valence-electron chi connectivity index (χ1n) is 14.8. The summed E-state index contributed by atoms with van der Waals surface area (Å²) in [6.45, 7) is 3.06. The van der Waals surface area contributed by atoms with Crippen molar-refractivity contribution in [3.05, 3.63) is 17.7 Å². The van der Waals surface area contributed by atoms with E-state index in [1.165, 1.54) is 96.3 Å². The predicted octanol–water partition coefficient (Wildman–Crippen LogP) is 9.41. The molecule has 1 aliphatic heterocycles. The molecule has 0 aliphatic carbocycles. The van der Waals surface area contributed by atoms with Gasteiger partial charge in [0.05, 0.1) is 20.8 Å². The summed E-state index contributed by atoms with van der Waals surface area (Å²) in [6.07, 6.45) is 26.1. The summed E-state index contributed by atoms with van der Waals surface area (Å²) in [5.74, 6) is 2.46. The third kappa shape index (κ3) is 12.4. The second-order valence-corrected chi connectivity index (χ2v) is 10.2. The van der Waals surface area contributed by atoms with E-state index in [1.807, 2.05) is 12.1 Å². The van der Waals surface area contributed by atoms with Crippen molar-refractivity contribution in [1.82, 2.24) is 0 Å². The zero-order chi connectivity index (χ0) is 25.0. The number of hydrogen-bond acceptors (Lipinski definition) is 4. The molecule has 1 unspecified atom stereocenters. The van der Waals surface area contributed by atoms with E-state index in [9.17, 15) is 0 Å². The molecule has 1 fully saturated rings. The van der Waals surface area contributed by atoms with Crippen molar-refractivity contribution in [2.75, 3.05) is 20.8 Å². The Bertz CT molecular complexity index is 639. The van der Waals surface area contributed by atoms with E-state index in [-0.39, 0.29) is 6.29 Å². The normalized spacial score (nSPS) is 15.8. The maximum absolute atomic E-state index is 6.30. The Kier molecular flexibility index (Phi) is 16.8. The van der Waals surface area contributed by atoms with E-state index in [0.717, 1.165) is 61.5 Å². The van der Waals surface area contributed by atoms with Crippen LogP contribution in [-0.2, 0) is 11.2 Å². The van der Waals surface area contributed by atoms with E-state index in [2.05, 4.69) is 6.92 Å². The fourth-order valence-corrected chi connectivity index (χ4v) is 5.09. The molecule has 1 aliphatic rings. The summed E-state index contributed by atoms with van der Waals surface area (Å²) in [7, 11) is 3.44. The van der Waals surface area contributed by atoms with Gasteiger partial charge >= 0.3 is 0 Å². The minimum Gasteiger partial charge on any atom is -0.496 e. The van der Waals surface area contributed by atoms with Crippen LogP contribution in [0.1, 0.15) is 134 Å². The number of ether oxygens (including phenoxy) is 4.